The second-order valence-corrected chi connectivity index (χ2v) is 9.90. The molecule has 33 heavy (non-hydrogen) atoms. The van der Waals surface area contributed by atoms with E-state index in [1.54, 1.807) is 0 Å². The number of carbonyl (C=O) groups excluding carboxylic acids is 1. The first-order valence-corrected chi connectivity index (χ1v) is 13.1. The van der Waals surface area contributed by atoms with Gasteiger partial charge in [-0.15, -0.1) is 10.2 Å². The van der Waals surface area contributed by atoms with Crippen LogP contribution < -0.4 is 0 Å². The zero-order valence-electron chi connectivity index (χ0n) is 20.1. The lowest BCUT2D eigenvalue weighted by atomic mass is 10.1. The van der Waals surface area contributed by atoms with Gasteiger partial charge in [0.15, 0.2) is 10.9 Å². The Morgan fingerprint density at radius 3 is 2.48 bits per heavy atom. The summed E-state index contributed by atoms with van der Waals surface area (Å²) in [5, 5.41) is 9.88. The summed E-state index contributed by atoms with van der Waals surface area (Å²) in [6.07, 6.45) is 4.87. The third kappa shape index (κ3) is 5.76. The average Bonchev–Trinajstić information content (AvgIpc) is 3.34. The minimum atomic E-state index is 0.155. The predicted octanol–water partition coefficient (Wildman–Crippen LogP) is 5.12. The molecule has 0 saturated carbocycles. The maximum absolute atomic E-state index is 13.1. The van der Waals surface area contributed by atoms with Crippen LogP contribution in [-0.4, -0.2) is 48.9 Å². The van der Waals surface area contributed by atoms with Gasteiger partial charge in [0, 0.05) is 23.5 Å². The molecule has 0 atom stereocenters. The van der Waals surface area contributed by atoms with Crippen molar-refractivity contribution in [1.29, 1.82) is 0 Å². The van der Waals surface area contributed by atoms with Crippen LogP contribution in [-0.2, 0) is 19.6 Å². The van der Waals surface area contributed by atoms with Crippen LogP contribution in [0.4, 0.5) is 0 Å². The predicted molar refractivity (Wildman–Crippen MR) is 134 cm³/mol. The van der Waals surface area contributed by atoms with Crippen LogP contribution in [0, 0.1) is 13.8 Å². The summed E-state index contributed by atoms with van der Waals surface area (Å²) in [6, 6.07) is 12.5. The van der Waals surface area contributed by atoms with Crippen molar-refractivity contribution in [3.05, 3.63) is 64.7 Å². The highest BCUT2D eigenvalue weighted by Gasteiger charge is 2.20. The lowest BCUT2D eigenvalue weighted by Gasteiger charge is -2.26. The van der Waals surface area contributed by atoms with Gasteiger partial charge in [-0.2, -0.15) is 0 Å². The number of hydrogen-bond donors (Lipinski definition) is 0. The van der Waals surface area contributed by atoms with Gasteiger partial charge in [0.05, 0.1) is 18.8 Å². The Morgan fingerprint density at radius 1 is 1.00 bits per heavy atom. The Morgan fingerprint density at radius 2 is 1.76 bits per heavy atom. The van der Waals surface area contributed by atoms with Crippen LogP contribution in [0.3, 0.4) is 0 Å². The summed E-state index contributed by atoms with van der Waals surface area (Å²) < 4.78 is 4.44. The maximum atomic E-state index is 13.1. The van der Waals surface area contributed by atoms with Gasteiger partial charge in [0.1, 0.15) is 5.82 Å². The summed E-state index contributed by atoms with van der Waals surface area (Å²) >= 11 is 1.50. The molecule has 1 aliphatic rings. The number of benzene rings is 1. The third-order valence-corrected chi connectivity index (χ3v) is 7.41. The molecule has 1 fully saturated rings. The smallest absolute Gasteiger partial charge is 0.192 e. The Bertz CT molecular complexity index is 1070. The molecule has 0 unspecified atom stereocenters. The minimum absolute atomic E-state index is 0.155. The van der Waals surface area contributed by atoms with Gasteiger partial charge in [-0.3, -0.25) is 9.69 Å². The van der Waals surface area contributed by atoms with E-state index in [-0.39, 0.29) is 5.78 Å². The Kier molecular flexibility index (Phi) is 8.04. The minimum Gasteiger partial charge on any atom is -0.348 e. The van der Waals surface area contributed by atoms with Crippen LogP contribution in [0.15, 0.2) is 41.6 Å². The molecule has 3 aromatic rings. The third-order valence-electron chi connectivity index (χ3n) is 6.44. The largest absolute Gasteiger partial charge is 0.348 e. The lowest BCUT2D eigenvalue weighted by Crippen LogP contribution is -2.30. The van der Waals surface area contributed by atoms with Gasteiger partial charge in [0.2, 0.25) is 0 Å². The van der Waals surface area contributed by atoms with Crippen LogP contribution in [0.2, 0.25) is 0 Å². The molecule has 2 aromatic heterocycles. The fraction of sp³-hybridized carbons (Fsp3) is 0.500. The number of nitrogens with zero attached hydrogens (tertiary/aromatic N) is 5. The first-order chi connectivity index (χ1) is 16.1. The van der Waals surface area contributed by atoms with Crippen molar-refractivity contribution in [3.8, 4) is 0 Å². The summed E-state index contributed by atoms with van der Waals surface area (Å²) in [6.45, 7) is 11.0. The highest BCUT2D eigenvalue weighted by atomic mass is 32.2. The molecule has 4 rings (SSSR count). The molecule has 7 heteroatoms. The highest BCUT2D eigenvalue weighted by Crippen LogP contribution is 2.24. The normalized spacial score (nSPS) is 14.6. The monoisotopic (exact) mass is 465 g/mol. The van der Waals surface area contributed by atoms with E-state index in [1.165, 1.54) is 36.6 Å². The Balaban J connectivity index is 1.51. The van der Waals surface area contributed by atoms with Gasteiger partial charge >= 0.3 is 0 Å². The summed E-state index contributed by atoms with van der Waals surface area (Å²) in [7, 11) is 0. The van der Waals surface area contributed by atoms with Crippen molar-refractivity contribution in [2.75, 3.05) is 18.8 Å². The molecule has 1 saturated heterocycles. The van der Waals surface area contributed by atoms with Gasteiger partial charge < -0.3 is 9.13 Å². The number of ketones is 1. The van der Waals surface area contributed by atoms with E-state index in [4.69, 9.17) is 0 Å². The van der Waals surface area contributed by atoms with Gasteiger partial charge in [-0.25, -0.2) is 0 Å². The summed E-state index contributed by atoms with van der Waals surface area (Å²) in [5.41, 5.74) is 4.26. The highest BCUT2D eigenvalue weighted by molar-refractivity contribution is 7.99. The van der Waals surface area contributed by atoms with E-state index < -0.39 is 0 Å². The van der Waals surface area contributed by atoms with Crippen LogP contribution in [0.1, 0.15) is 65.7 Å². The van der Waals surface area contributed by atoms with Crippen molar-refractivity contribution in [2.24, 2.45) is 0 Å². The molecule has 1 aliphatic heterocycles. The Hall–Kier alpha value is -2.38. The number of hydrogen-bond acceptors (Lipinski definition) is 5. The number of thioether (sulfide) groups is 1. The van der Waals surface area contributed by atoms with Crippen LogP contribution >= 0.6 is 11.8 Å². The van der Waals surface area contributed by atoms with Crippen LogP contribution in [0.25, 0.3) is 0 Å². The molecular formula is C26H35N5OS. The number of aryl methyl sites for hydroxylation is 1. The van der Waals surface area contributed by atoms with E-state index >= 15 is 0 Å². The Labute approximate surface area is 201 Å². The van der Waals surface area contributed by atoms with E-state index in [0.717, 1.165) is 67.1 Å². The molecule has 0 aliphatic carbocycles. The molecule has 3 heterocycles. The first-order valence-electron chi connectivity index (χ1n) is 12.1. The topological polar surface area (TPSA) is 56.0 Å². The summed E-state index contributed by atoms with van der Waals surface area (Å²) in [4.78, 5) is 15.6. The van der Waals surface area contributed by atoms with Gasteiger partial charge in [-0.1, -0.05) is 55.4 Å². The van der Waals surface area contributed by atoms with Gasteiger partial charge in [-0.05, 0) is 57.8 Å². The molecule has 0 bridgehead atoms. The zero-order valence-corrected chi connectivity index (χ0v) is 20.9. The SMILES string of the molecule is CCCn1c(C)cc(C(=O)CSc2nnc(CN3CCCCC3)n2Cc2ccccc2)c1C. The number of carbonyl (C=O) groups is 1. The fourth-order valence-corrected chi connectivity index (χ4v) is 5.48. The van der Waals surface area contributed by atoms with E-state index in [0.29, 0.717) is 5.75 Å². The van der Waals surface area contributed by atoms with E-state index in [1.807, 2.05) is 12.1 Å². The van der Waals surface area contributed by atoms with E-state index in [2.05, 4.69) is 69.3 Å². The first kappa shape index (κ1) is 23.8. The maximum Gasteiger partial charge on any atom is 0.192 e. The van der Waals surface area contributed by atoms with Crippen molar-refractivity contribution in [3.63, 3.8) is 0 Å². The molecule has 176 valence electrons. The zero-order chi connectivity index (χ0) is 23.2. The second-order valence-electron chi connectivity index (χ2n) is 8.96. The molecule has 6 nitrogen and oxygen atoms in total. The van der Waals surface area contributed by atoms with Crippen molar-refractivity contribution in [2.45, 2.75) is 71.2 Å². The quantitative estimate of drug-likeness (QED) is 0.307. The van der Waals surface area contributed by atoms with E-state index in [9.17, 15) is 4.79 Å². The van der Waals surface area contributed by atoms with Crippen molar-refractivity contribution >= 4 is 17.5 Å². The molecular weight excluding hydrogens is 430 g/mol. The standard InChI is InChI=1S/C26H35N5OS/c1-4-13-30-20(2)16-23(21(30)3)24(32)19-33-26-28-27-25(18-29-14-9-6-10-15-29)31(26)17-22-11-7-5-8-12-22/h5,7-8,11-12,16H,4,6,9-10,13-15,17-19H2,1-3H3. The number of Topliss-reactive ketones (excluding diaryl/α,β-unsaturated/α-hetero) is 1. The number of aromatic nitrogens is 4. The number of likely N-dealkylation sites (tertiary alicyclic amines) is 1. The fourth-order valence-electron chi connectivity index (χ4n) is 4.64. The van der Waals surface area contributed by atoms with Crippen LogP contribution in [0.5, 0.6) is 0 Å². The molecule has 0 N–H and O–H groups in total. The van der Waals surface area contributed by atoms with Crippen molar-refractivity contribution in [1.82, 2.24) is 24.2 Å². The molecule has 0 amide bonds. The number of piperidine rings is 1. The summed E-state index contributed by atoms with van der Waals surface area (Å²) in [5.74, 6) is 1.51. The second kappa shape index (κ2) is 11.2. The van der Waals surface area contributed by atoms with Gasteiger partial charge in [0.25, 0.3) is 0 Å². The molecule has 0 radical (unpaired) electrons. The van der Waals surface area contributed by atoms with Crippen molar-refractivity contribution < 1.29 is 4.79 Å². The molecule has 1 aromatic carbocycles. The molecule has 0 spiro atoms. The lowest BCUT2D eigenvalue weighted by molar-refractivity contribution is 0.102. The average molecular weight is 466 g/mol. The number of rotatable bonds is 10.